The zero-order valence-corrected chi connectivity index (χ0v) is 33.5. The summed E-state index contributed by atoms with van der Waals surface area (Å²) in [5, 5.41) is 0. The fraction of sp³-hybridized carbons (Fsp3) is 0. The number of rotatable bonds is 4. The first kappa shape index (κ1) is 38.0. The molecule has 0 atom stereocenters. The Bertz CT molecular complexity index is 1530. The average molecular weight is 695 g/mol. The van der Waals surface area contributed by atoms with Gasteiger partial charge in [0.25, 0.3) is 0 Å². The van der Waals surface area contributed by atoms with Crippen LogP contribution >= 0.6 is 0 Å². The van der Waals surface area contributed by atoms with Gasteiger partial charge < -0.3 is 4.12 Å². The monoisotopic (exact) mass is 694 g/mol. The predicted octanol–water partition coefficient (Wildman–Crippen LogP) is 11.0. The van der Waals surface area contributed by atoms with E-state index in [1.807, 2.05) is 48.5 Å². The van der Waals surface area contributed by atoms with Crippen molar-refractivity contribution in [3.63, 3.8) is 0 Å². The van der Waals surface area contributed by atoms with Crippen LogP contribution in [0.2, 0.25) is 0 Å². The van der Waals surface area contributed by atoms with Crippen molar-refractivity contribution in [3.8, 4) is 44.5 Å². The standard InChI is InChI=1S/4C12H10.H6OSi2/c4*1-3-7-11(8-4-1)12-9-5-2-6-10-12;2-1-3/h4*1-10H;2-3H3. The maximum atomic E-state index is 4.53. The molecular weight excluding hydrogens is 649 g/mol. The van der Waals surface area contributed by atoms with Crippen LogP contribution in [0, 0.1) is 0 Å². The second kappa shape index (κ2) is 23.5. The average Bonchev–Trinajstić information content (AvgIpc) is 3.24. The molecule has 0 heterocycles. The van der Waals surface area contributed by atoms with Crippen LogP contribution in [0.5, 0.6) is 0 Å². The molecule has 0 saturated heterocycles. The van der Waals surface area contributed by atoms with Crippen molar-refractivity contribution in [3.05, 3.63) is 243 Å². The van der Waals surface area contributed by atoms with E-state index in [9.17, 15) is 0 Å². The van der Waals surface area contributed by atoms with Crippen LogP contribution in [-0.4, -0.2) is 21.0 Å². The van der Waals surface area contributed by atoms with Crippen LogP contribution in [0.15, 0.2) is 243 Å². The largest absolute Gasteiger partial charge is 0.471 e. The molecule has 0 N–H and O–H groups in total. The van der Waals surface area contributed by atoms with Crippen molar-refractivity contribution in [2.75, 3.05) is 0 Å². The summed E-state index contributed by atoms with van der Waals surface area (Å²) >= 11 is 0. The molecule has 0 aromatic heterocycles. The first-order chi connectivity index (χ1) is 25.3. The molecule has 0 saturated carbocycles. The van der Waals surface area contributed by atoms with E-state index < -0.39 is 0 Å². The highest BCUT2D eigenvalue weighted by Gasteiger charge is 1.94. The van der Waals surface area contributed by atoms with Crippen molar-refractivity contribution in [1.29, 1.82) is 0 Å². The van der Waals surface area contributed by atoms with Crippen LogP contribution in [0.3, 0.4) is 0 Å². The summed E-state index contributed by atoms with van der Waals surface area (Å²) in [6.45, 7) is 0. The van der Waals surface area contributed by atoms with E-state index in [-0.39, 0.29) is 0 Å². The lowest BCUT2D eigenvalue weighted by atomic mass is 10.1. The van der Waals surface area contributed by atoms with Gasteiger partial charge in [0.2, 0.25) is 0 Å². The van der Waals surface area contributed by atoms with Gasteiger partial charge in [-0.1, -0.05) is 243 Å². The highest BCUT2D eigenvalue weighted by molar-refractivity contribution is 6.15. The summed E-state index contributed by atoms with van der Waals surface area (Å²) in [5.41, 5.74) is 10.2. The van der Waals surface area contributed by atoms with Crippen molar-refractivity contribution in [2.45, 2.75) is 0 Å². The quantitative estimate of drug-likeness (QED) is 0.167. The molecule has 0 bridgehead atoms. The molecule has 0 unspecified atom stereocenters. The molecule has 1 nitrogen and oxygen atoms in total. The molecule has 0 aliphatic rings. The molecule has 3 heteroatoms. The Hall–Kier alpha value is -5.85. The van der Waals surface area contributed by atoms with Gasteiger partial charge in [-0.2, -0.15) is 0 Å². The Labute approximate surface area is 311 Å². The molecule has 0 spiro atoms. The van der Waals surface area contributed by atoms with E-state index in [4.69, 9.17) is 0 Å². The van der Waals surface area contributed by atoms with Gasteiger partial charge >= 0.3 is 0 Å². The summed E-state index contributed by atoms with van der Waals surface area (Å²) in [4.78, 5) is 0. The smallest absolute Gasteiger partial charge is 0.129 e. The van der Waals surface area contributed by atoms with Gasteiger partial charge in [-0.15, -0.1) is 0 Å². The van der Waals surface area contributed by atoms with Crippen LogP contribution in [0.4, 0.5) is 0 Å². The molecule has 0 fully saturated rings. The van der Waals surface area contributed by atoms with Gasteiger partial charge in [0.1, 0.15) is 21.0 Å². The molecular formula is C48H46OSi2. The highest BCUT2D eigenvalue weighted by Crippen LogP contribution is 2.20. The predicted molar refractivity (Wildman–Crippen MR) is 228 cm³/mol. The number of hydrogen-bond acceptors (Lipinski definition) is 1. The fourth-order valence-electron chi connectivity index (χ4n) is 5.04. The summed E-state index contributed by atoms with van der Waals surface area (Å²) in [6, 6.07) is 83.1. The van der Waals surface area contributed by atoms with Crippen LogP contribution in [0.1, 0.15) is 0 Å². The third kappa shape index (κ3) is 14.3. The SMILES string of the molecule is [SiH3]O[SiH3].c1ccc(-c2ccccc2)cc1.c1ccc(-c2ccccc2)cc1.c1ccc(-c2ccccc2)cc1.c1ccc(-c2ccccc2)cc1. The minimum absolute atomic E-state index is 0.931. The van der Waals surface area contributed by atoms with Crippen LogP contribution in [-0.2, 0) is 4.12 Å². The van der Waals surface area contributed by atoms with E-state index in [1.165, 1.54) is 44.5 Å². The van der Waals surface area contributed by atoms with Crippen molar-refractivity contribution in [2.24, 2.45) is 0 Å². The Morgan fingerprint density at radius 3 is 0.333 bits per heavy atom. The maximum absolute atomic E-state index is 4.53. The van der Waals surface area contributed by atoms with Gasteiger partial charge in [0, 0.05) is 0 Å². The van der Waals surface area contributed by atoms with Crippen LogP contribution < -0.4 is 0 Å². The Balaban J connectivity index is 0.000000148. The maximum Gasteiger partial charge on any atom is 0.129 e. The first-order valence-corrected chi connectivity index (χ1v) is 18.7. The van der Waals surface area contributed by atoms with Crippen molar-refractivity contribution >= 4 is 21.0 Å². The number of hydrogen-bond donors (Lipinski definition) is 0. The zero-order chi connectivity index (χ0) is 35.6. The number of benzene rings is 8. The van der Waals surface area contributed by atoms with E-state index in [0.717, 1.165) is 21.0 Å². The highest BCUT2D eigenvalue weighted by atomic mass is 28.3. The molecule has 51 heavy (non-hydrogen) atoms. The van der Waals surface area contributed by atoms with Gasteiger partial charge in [0.05, 0.1) is 0 Å². The van der Waals surface area contributed by atoms with Crippen LogP contribution in [0.25, 0.3) is 44.5 Å². The minimum Gasteiger partial charge on any atom is -0.471 e. The molecule has 8 aromatic carbocycles. The summed E-state index contributed by atoms with van der Waals surface area (Å²) in [6.07, 6.45) is 0. The fourth-order valence-corrected chi connectivity index (χ4v) is 5.04. The lowest BCUT2D eigenvalue weighted by Gasteiger charge is -1.98. The second-order valence-corrected chi connectivity index (χ2v) is 14.6. The topological polar surface area (TPSA) is 9.23 Å². The lowest BCUT2D eigenvalue weighted by Crippen LogP contribution is -1.73. The second-order valence-electron chi connectivity index (χ2n) is 11.3. The minimum atomic E-state index is 0.931. The van der Waals surface area contributed by atoms with E-state index in [0.29, 0.717) is 0 Å². The molecule has 0 aliphatic heterocycles. The summed E-state index contributed by atoms with van der Waals surface area (Å²) in [5.74, 6) is 0. The zero-order valence-electron chi connectivity index (χ0n) is 29.5. The molecule has 8 aromatic rings. The Morgan fingerprint density at radius 1 is 0.176 bits per heavy atom. The Kier molecular flexibility index (Phi) is 17.5. The van der Waals surface area contributed by atoms with Gasteiger partial charge in [-0.3, -0.25) is 0 Å². The van der Waals surface area contributed by atoms with Gasteiger partial charge in [-0.25, -0.2) is 0 Å². The van der Waals surface area contributed by atoms with E-state index in [1.54, 1.807) is 0 Å². The third-order valence-corrected chi connectivity index (χ3v) is 7.52. The molecule has 252 valence electrons. The van der Waals surface area contributed by atoms with Gasteiger partial charge in [-0.05, 0) is 44.5 Å². The van der Waals surface area contributed by atoms with Crippen molar-refractivity contribution < 1.29 is 4.12 Å². The molecule has 0 aliphatic carbocycles. The third-order valence-electron chi connectivity index (χ3n) is 7.52. The molecule has 8 rings (SSSR count). The van der Waals surface area contributed by atoms with Gasteiger partial charge in [0.15, 0.2) is 0 Å². The molecule has 0 radical (unpaired) electrons. The normalized spacial score (nSPS) is 9.57. The Morgan fingerprint density at radius 2 is 0.255 bits per heavy atom. The first-order valence-electron chi connectivity index (χ1n) is 17.1. The van der Waals surface area contributed by atoms with E-state index in [2.05, 4.69) is 198 Å². The summed E-state index contributed by atoms with van der Waals surface area (Å²) < 4.78 is 4.53. The molecule has 0 amide bonds. The van der Waals surface area contributed by atoms with Crippen molar-refractivity contribution in [1.82, 2.24) is 0 Å². The lowest BCUT2D eigenvalue weighted by molar-refractivity contribution is 0.690. The summed E-state index contributed by atoms with van der Waals surface area (Å²) in [7, 11) is 1.86. The van der Waals surface area contributed by atoms with E-state index >= 15 is 0 Å².